The van der Waals surface area contributed by atoms with Crippen LogP contribution in [0.3, 0.4) is 0 Å². The van der Waals surface area contributed by atoms with E-state index in [1.54, 1.807) is 30.2 Å². The maximum absolute atomic E-state index is 11.9. The predicted octanol–water partition coefficient (Wildman–Crippen LogP) is 1.70. The maximum Gasteiger partial charge on any atom is 0.341 e. The predicted molar refractivity (Wildman–Crippen MR) is 72.8 cm³/mol. The van der Waals surface area contributed by atoms with Crippen LogP contribution in [-0.4, -0.2) is 41.2 Å². The number of pyridine rings is 1. The molecule has 1 aliphatic heterocycles. The number of hydrogen-bond donors (Lipinski definition) is 1. The van der Waals surface area contributed by atoms with E-state index in [9.17, 15) is 14.7 Å². The first kappa shape index (κ1) is 14.3. The van der Waals surface area contributed by atoms with Gasteiger partial charge in [0.1, 0.15) is 17.4 Å². The first-order chi connectivity index (χ1) is 9.65. The number of rotatable bonds is 4. The van der Waals surface area contributed by atoms with E-state index >= 15 is 0 Å². The van der Waals surface area contributed by atoms with Crippen LogP contribution >= 0.6 is 0 Å². The van der Waals surface area contributed by atoms with Crippen LogP contribution in [-0.2, 0) is 9.53 Å². The third-order valence-corrected chi connectivity index (χ3v) is 3.34. The van der Waals surface area contributed by atoms with Crippen LogP contribution in [0.15, 0.2) is 18.3 Å². The lowest BCUT2D eigenvalue weighted by Crippen LogP contribution is -2.45. The van der Waals surface area contributed by atoms with Gasteiger partial charge in [-0.2, -0.15) is 0 Å². The highest BCUT2D eigenvalue weighted by molar-refractivity contribution is 5.95. The summed E-state index contributed by atoms with van der Waals surface area (Å²) in [6.45, 7) is 2.59. The van der Waals surface area contributed by atoms with Crippen molar-refractivity contribution in [2.24, 2.45) is 0 Å². The van der Waals surface area contributed by atoms with E-state index in [-0.39, 0.29) is 6.61 Å². The molecule has 0 aliphatic carbocycles. The number of hydrogen-bond acceptors (Lipinski definition) is 5. The number of carbonyl (C=O) groups excluding carboxylic acids is 1. The maximum atomic E-state index is 11.9. The molecule has 108 valence electrons. The Kier molecular flexibility index (Phi) is 4.55. The fourth-order valence-electron chi connectivity index (χ4n) is 2.44. The van der Waals surface area contributed by atoms with Gasteiger partial charge in [0.15, 0.2) is 0 Å². The molecule has 1 aliphatic rings. The van der Waals surface area contributed by atoms with Gasteiger partial charge in [0.25, 0.3) is 0 Å². The summed E-state index contributed by atoms with van der Waals surface area (Å²) in [6, 6.07) is 2.63. The molecule has 1 atom stereocenters. The molecule has 1 fully saturated rings. The first-order valence-electron chi connectivity index (χ1n) is 6.76. The fraction of sp³-hybridized carbons (Fsp3) is 0.500. The number of esters is 1. The van der Waals surface area contributed by atoms with Crippen LogP contribution in [0.5, 0.6) is 0 Å². The van der Waals surface area contributed by atoms with Gasteiger partial charge in [-0.15, -0.1) is 0 Å². The number of carboxylic acid groups (broad SMARTS) is 1. The van der Waals surface area contributed by atoms with Gasteiger partial charge in [0.05, 0.1) is 6.61 Å². The van der Waals surface area contributed by atoms with E-state index in [4.69, 9.17) is 4.74 Å². The van der Waals surface area contributed by atoms with E-state index in [0.29, 0.717) is 24.3 Å². The quantitative estimate of drug-likeness (QED) is 0.844. The van der Waals surface area contributed by atoms with Crippen LogP contribution in [0.2, 0.25) is 0 Å². The van der Waals surface area contributed by atoms with Crippen LogP contribution in [0, 0.1) is 0 Å². The molecule has 0 aromatic carbocycles. The molecule has 0 radical (unpaired) electrons. The van der Waals surface area contributed by atoms with Crippen LogP contribution in [0.1, 0.15) is 36.5 Å². The van der Waals surface area contributed by atoms with Crippen molar-refractivity contribution < 1.29 is 19.4 Å². The third kappa shape index (κ3) is 2.89. The molecule has 1 aromatic heterocycles. The third-order valence-electron chi connectivity index (χ3n) is 3.34. The Morgan fingerprint density at radius 1 is 1.50 bits per heavy atom. The second-order valence-corrected chi connectivity index (χ2v) is 4.64. The highest BCUT2D eigenvalue weighted by Crippen LogP contribution is 2.26. The van der Waals surface area contributed by atoms with E-state index in [0.717, 1.165) is 12.8 Å². The largest absolute Gasteiger partial charge is 0.480 e. The molecule has 1 saturated heterocycles. The summed E-state index contributed by atoms with van der Waals surface area (Å²) in [5, 5.41) is 9.32. The normalized spacial score (nSPS) is 18.6. The van der Waals surface area contributed by atoms with E-state index in [2.05, 4.69) is 4.98 Å². The molecule has 6 nitrogen and oxygen atoms in total. The highest BCUT2D eigenvalue weighted by Gasteiger charge is 2.31. The van der Waals surface area contributed by atoms with Gasteiger partial charge < -0.3 is 14.7 Å². The van der Waals surface area contributed by atoms with Crippen molar-refractivity contribution in [1.29, 1.82) is 0 Å². The zero-order valence-corrected chi connectivity index (χ0v) is 11.4. The lowest BCUT2D eigenvalue weighted by Gasteiger charge is -2.34. The number of anilines is 1. The molecule has 6 heteroatoms. The van der Waals surface area contributed by atoms with Crippen LogP contribution < -0.4 is 4.90 Å². The summed E-state index contributed by atoms with van der Waals surface area (Å²) in [7, 11) is 0. The first-order valence-corrected chi connectivity index (χ1v) is 6.76. The minimum atomic E-state index is -0.884. The molecular formula is C14H18N2O4. The van der Waals surface area contributed by atoms with E-state index < -0.39 is 18.0 Å². The second kappa shape index (κ2) is 6.36. The number of aliphatic carboxylic acids is 1. The number of piperidine rings is 1. The zero-order valence-electron chi connectivity index (χ0n) is 11.4. The average Bonchev–Trinajstić information content (AvgIpc) is 2.47. The Morgan fingerprint density at radius 3 is 3.00 bits per heavy atom. The van der Waals surface area contributed by atoms with E-state index in [1.165, 1.54) is 0 Å². The smallest absolute Gasteiger partial charge is 0.341 e. The summed E-state index contributed by atoms with van der Waals surface area (Å²) in [5.74, 6) is -0.950. The Bertz CT molecular complexity index is 504. The zero-order chi connectivity index (χ0) is 14.5. The molecule has 1 N–H and O–H groups in total. The minimum Gasteiger partial charge on any atom is -0.480 e. The number of ether oxygens (including phenoxy) is 1. The monoisotopic (exact) mass is 278 g/mol. The van der Waals surface area contributed by atoms with Gasteiger partial charge in [-0.25, -0.2) is 14.6 Å². The molecule has 2 rings (SSSR count). The minimum absolute atomic E-state index is 0.273. The molecule has 1 aromatic rings. The second-order valence-electron chi connectivity index (χ2n) is 4.64. The van der Waals surface area contributed by atoms with Gasteiger partial charge in [-0.1, -0.05) is 0 Å². The molecule has 20 heavy (non-hydrogen) atoms. The topological polar surface area (TPSA) is 79.7 Å². The summed E-state index contributed by atoms with van der Waals surface area (Å²) in [6.07, 6.45) is 3.89. The summed E-state index contributed by atoms with van der Waals surface area (Å²) >= 11 is 0. The summed E-state index contributed by atoms with van der Waals surface area (Å²) < 4.78 is 5.00. The van der Waals surface area contributed by atoms with Crippen LogP contribution in [0.4, 0.5) is 5.82 Å². The van der Waals surface area contributed by atoms with Gasteiger partial charge in [0.2, 0.25) is 0 Å². The number of aromatic nitrogens is 1. The molecular weight excluding hydrogens is 260 g/mol. The lowest BCUT2D eigenvalue weighted by atomic mass is 10.0. The van der Waals surface area contributed by atoms with Crippen molar-refractivity contribution in [2.45, 2.75) is 32.2 Å². The average molecular weight is 278 g/mol. The van der Waals surface area contributed by atoms with Crippen molar-refractivity contribution in [2.75, 3.05) is 18.1 Å². The lowest BCUT2D eigenvalue weighted by molar-refractivity contribution is -0.139. The standard InChI is InChI=1S/C14H18N2O4/c1-2-20-14(19)10-6-5-8-15-12(10)16-9-4-3-7-11(16)13(17)18/h5-6,8,11H,2-4,7,9H2,1H3,(H,17,18). The number of nitrogens with zero attached hydrogens (tertiary/aromatic N) is 2. The van der Waals surface area contributed by atoms with Crippen molar-refractivity contribution in [3.63, 3.8) is 0 Å². The Hall–Kier alpha value is -2.11. The molecule has 1 unspecified atom stereocenters. The van der Waals surface area contributed by atoms with Gasteiger partial charge in [-0.3, -0.25) is 0 Å². The molecule has 0 bridgehead atoms. The Labute approximate surface area is 117 Å². The van der Waals surface area contributed by atoms with Crippen molar-refractivity contribution in [3.05, 3.63) is 23.9 Å². The molecule has 0 spiro atoms. The van der Waals surface area contributed by atoms with Crippen molar-refractivity contribution >= 4 is 17.8 Å². The Morgan fingerprint density at radius 2 is 2.30 bits per heavy atom. The van der Waals surface area contributed by atoms with Crippen molar-refractivity contribution in [3.8, 4) is 0 Å². The van der Waals surface area contributed by atoms with Crippen molar-refractivity contribution in [1.82, 2.24) is 4.98 Å². The number of carbonyl (C=O) groups is 2. The van der Waals surface area contributed by atoms with Crippen LogP contribution in [0.25, 0.3) is 0 Å². The molecule has 0 amide bonds. The van der Waals surface area contributed by atoms with Gasteiger partial charge in [-0.05, 0) is 38.3 Å². The van der Waals surface area contributed by atoms with Gasteiger partial charge in [0, 0.05) is 12.7 Å². The SMILES string of the molecule is CCOC(=O)c1cccnc1N1CCCCC1C(=O)O. The highest BCUT2D eigenvalue weighted by atomic mass is 16.5. The van der Waals surface area contributed by atoms with E-state index in [1.807, 2.05) is 0 Å². The fourth-order valence-corrected chi connectivity index (χ4v) is 2.44. The molecule has 2 heterocycles. The number of carboxylic acids is 1. The summed E-state index contributed by atoms with van der Waals surface area (Å²) in [5.41, 5.74) is 0.322. The summed E-state index contributed by atoms with van der Waals surface area (Å²) in [4.78, 5) is 29.2. The Balaban J connectivity index is 2.35. The molecule has 0 saturated carbocycles. The van der Waals surface area contributed by atoms with Gasteiger partial charge >= 0.3 is 11.9 Å².